The third kappa shape index (κ3) is 6.27. The van der Waals surface area contributed by atoms with Gasteiger partial charge in [-0.05, 0) is 39.7 Å². The van der Waals surface area contributed by atoms with Gasteiger partial charge in [-0.25, -0.2) is 19.2 Å². The average molecular weight is 593 g/mol. The predicted molar refractivity (Wildman–Crippen MR) is 156 cm³/mol. The zero-order chi connectivity index (χ0) is 30.9. The molecule has 0 bridgehead atoms. The van der Waals surface area contributed by atoms with Gasteiger partial charge in [0.15, 0.2) is 17.4 Å². The lowest BCUT2D eigenvalue weighted by molar-refractivity contribution is 0.0185. The first kappa shape index (κ1) is 29.5. The highest BCUT2D eigenvalue weighted by atomic mass is 19.1. The largest absolute Gasteiger partial charge is 0.497 e. The van der Waals surface area contributed by atoms with Gasteiger partial charge in [0.2, 0.25) is 0 Å². The number of halogens is 1. The van der Waals surface area contributed by atoms with Crippen LogP contribution in [-0.2, 0) is 4.74 Å². The number of amides is 1. The van der Waals surface area contributed by atoms with Crippen molar-refractivity contribution < 1.29 is 23.4 Å². The van der Waals surface area contributed by atoms with E-state index in [1.807, 2.05) is 31.6 Å². The number of likely N-dealkylation sites (tertiary alicyclic amines) is 1. The van der Waals surface area contributed by atoms with E-state index < -0.39 is 17.0 Å². The lowest BCUT2D eigenvalue weighted by Gasteiger charge is -2.33. The summed E-state index contributed by atoms with van der Waals surface area (Å²) < 4.78 is 33.7. The van der Waals surface area contributed by atoms with Crippen LogP contribution in [0.1, 0.15) is 39.7 Å². The third-order valence-electron chi connectivity index (χ3n) is 6.91. The Morgan fingerprint density at radius 2 is 1.81 bits per heavy atom. The van der Waals surface area contributed by atoms with Crippen molar-refractivity contribution in [2.45, 2.75) is 45.3 Å². The number of methoxy groups -OCH3 is 2. The minimum Gasteiger partial charge on any atom is -0.497 e. The molecule has 5 rings (SSSR count). The molecule has 0 unspecified atom stereocenters. The minimum absolute atomic E-state index is 0.0760. The Labute approximate surface area is 247 Å². The molecule has 0 saturated carbocycles. The van der Waals surface area contributed by atoms with E-state index in [0.29, 0.717) is 24.3 Å². The molecular formula is C29H33FN8O5. The maximum absolute atomic E-state index is 15.2. The number of rotatable bonds is 6. The van der Waals surface area contributed by atoms with Crippen molar-refractivity contribution in [3.05, 3.63) is 59.0 Å². The number of anilines is 1. The van der Waals surface area contributed by atoms with E-state index in [0.717, 1.165) is 17.5 Å². The third-order valence-corrected chi connectivity index (χ3v) is 6.91. The van der Waals surface area contributed by atoms with Gasteiger partial charge in [0.05, 0.1) is 38.3 Å². The summed E-state index contributed by atoms with van der Waals surface area (Å²) in [6.07, 6.45) is 6.19. The van der Waals surface area contributed by atoms with Crippen molar-refractivity contribution in [1.29, 1.82) is 0 Å². The molecule has 1 amide bonds. The Morgan fingerprint density at radius 1 is 1.07 bits per heavy atom. The Morgan fingerprint density at radius 3 is 2.49 bits per heavy atom. The number of carbonyl (C=O) groups is 1. The lowest BCUT2D eigenvalue weighted by Crippen LogP contribution is -2.42. The summed E-state index contributed by atoms with van der Waals surface area (Å²) in [6, 6.07) is 5.48. The first-order chi connectivity index (χ1) is 20.5. The van der Waals surface area contributed by atoms with Crippen LogP contribution < -0.4 is 20.8 Å². The van der Waals surface area contributed by atoms with E-state index in [1.165, 1.54) is 44.7 Å². The highest BCUT2D eigenvalue weighted by molar-refractivity contribution is 5.70. The molecule has 13 nitrogen and oxygen atoms in total. The summed E-state index contributed by atoms with van der Waals surface area (Å²) in [7, 11) is 2.73. The molecule has 4 heterocycles. The highest BCUT2D eigenvalue weighted by Crippen LogP contribution is 2.30. The van der Waals surface area contributed by atoms with E-state index in [9.17, 15) is 9.59 Å². The lowest BCUT2D eigenvalue weighted by atomic mass is 10.1. The average Bonchev–Trinajstić information content (AvgIpc) is 3.48. The van der Waals surface area contributed by atoms with Gasteiger partial charge < -0.3 is 24.8 Å². The van der Waals surface area contributed by atoms with Crippen molar-refractivity contribution in [3.63, 3.8) is 0 Å². The number of nitrogens with zero attached hydrogens (tertiary/aromatic N) is 7. The van der Waals surface area contributed by atoms with Gasteiger partial charge >= 0.3 is 6.09 Å². The molecule has 1 fully saturated rings. The Hall–Kier alpha value is -5.01. The van der Waals surface area contributed by atoms with Crippen molar-refractivity contribution in [2.24, 2.45) is 0 Å². The molecule has 14 heteroatoms. The number of aromatic nitrogens is 6. The molecule has 1 aliphatic heterocycles. The monoisotopic (exact) mass is 592 g/mol. The molecule has 1 saturated heterocycles. The Bertz CT molecular complexity index is 1710. The van der Waals surface area contributed by atoms with Crippen LogP contribution >= 0.6 is 0 Å². The number of nitrogen functional groups attached to an aromatic ring is 1. The normalized spacial score (nSPS) is 14.0. The summed E-state index contributed by atoms with van der Waals surface area (Å²) in [6.45, 7) is 6.65. The van der Waals surface area contributed by atoms with Crippen molar-refractivity contribution in [1.82, 2.24) is 34.4 Å². The standard InChI is InChI=1S/C29H33FN8O5/c1-29(2,3)43-28(40)36-10-8-18(9-11-36)37-16-17(14-33-37)21-15-32-27(31)26(34-21)20-6-7-24(39)38(35-20)22-12-19(41-4)13-23(42-5)25(22)30/h6-7,12-16,18H,8-11H2,1-5H3,(H2,31,32). The molecule has 1 aromatic carbocycles. The number of hydrogen-bond donors (Lipinski definition) is 1. The van der Waals surface area contributed by atoms with Gasteiger partial charge in [0, 0.05) is 43.0 Å². The van der Waals surface area contributed by atoms with Crippen molar-refractivity contribution >= 4 is 11.9 Å². The fraction of sp³-hybridized carbons (Fsp3) is 0.379. The summed E-state index contributed by atoms with van der Waals surface area (Å²) in [4.78, 5) is 35.8. The van der Waals surface area contributed by atoms with E-state index in [4.69, 9.17) is 19.9 Å². The van der Waals surface area contributed by atoms with E-state index >= 15 is 4.39 Å². The molecule has 43 heavy (non-hydrogen) atoms. The fourth-order valence-corrected chi connectivity index (χ4v) is 4.72. The summed E-state index contributed by atoms with van der Waals surface area (Å²) in [5.74, 6) is -0.539. The second-order valence-electron chi connectivity index (χ2n) is 11.0. The smallest absolute Gasteiger partial charge is 0.410 e. The van der Waals surface area contributed by atoms with E-state index in [2.05, 4.69) is 20.2 Å². The highest BCUT2D eigenvalue weighted by Gasteiger charge is 2.28. The maximum Gasteiger partial charge on any atom is 0.410 e. The Kier molecular flexibility index (Phi) is 8.02. The second kappa shape index (κ2) is 11.7. The topological polar surface area (TPSA) is 153 Å². The first-order valence-electron chi connectivity index (χ1n) is 13.6. The zero-order valence-corrected chi connectivity index (χ0v) is 24.6. The van der Waals surface area contributed by atoms with Gasteiger partial charge in [0.1, 0.15) is 28.4 Å². The summed E-state index contributed by atoms with van der Waals surface area (Å²) in [5, 5.41) is 8.88. The molecule has 0 atom stereocenters. The molecular weight excluding hydrogens is 559 g/mol. The van der Waals surface area contributed by atoms with Crippen LogP contribution in [0.4, 0.5) is 15.0 Å². The van der Waals surface area contributed by atoms with Crippen LogP contribution in [0.15, 0.2) is 47.7 Å². The van der Waals surface area contributed by atoms with Crippen LogP contribution in [0.3, 0.4) is 0 Å². The SMILES string of the molecule is COc1cc(OC)c(F)c(-n2nc(-c3nc(-c4cnn(C5CCN(C(=O)OC(C)(C)C)CC5)c4)cnc3N)ccc2=O)c1. The molecule has 0 radical (unpaired) electrons. The summed E-state index contributed by atoms with van der Waals surface area (Å²) >= 11 is 0. The zero-order valence-electron chi connectivity index (χ0n) is 24.6. The van der Waals surface area contributed by atoms with Gasteiger partial charge in [-0.15, -0.1) is 0 Å². The number of ether oxygens (including phenoxy) is 3. The molecule has 4 aromatic rings. The molecule has 0 aliphatic carbocycles. The molecule has 1 aliphatic rings. The molecule has 0 spiro atoms. The molecule has 2 N–H and O–H groups in total. The van der Waals surface area contributed by atoms with Gasteiger partial charge in [-0.3, -0.25) is 9.48 Å². The number of benzene rings is 1. The van der Waals surface area contributed by atoms with Crippen molar-refractivity contribution in [2.75, 3.05) is 33.0 Å². The molecule has 226 valence electrons. The number of hydrogen-bond acceptors (Lipinski definition) is 10. The van der Waals surface area contributed by atoms with Crippen LogP contribution in [0.2, 0.25) is 0 Å². The molecule has 3 aromatic heterocycles. The Balaban J connectivity index is 1.40. The summed E-state index contributed by atoms with van der Waals surface area (Å²) in [5.41, 5.74) is 6.46. The van der Waals surface area contributed by atoms with E-state index in [1.54, 1.807) is 11.1 Å². The quantitative estimate of drug-likeness (QED) is 0.349. The van der Waals surface area contributed by atoms with Crippen LogP contribution in [0, 0.1) is 5.82 Å². The predicted octanol–water partition coefficient (Wildman–Crippen LogP) is 3.86. The van der Waals surface area contributed by atoms with Crippen LogP contribution in [0.25, 0.3) is 28.3 Å². The fourth-order valence-electron chi connectivity index (χ4n) is 4.72. The van der Waals surface area contributed by atoms with Gasteiger partial charge in [-0.1, -0.05) is 0 Å². The van der Waals surface area contributed by atoms with Crippen LogP contribution in [-0.4, -0.2) is 73.4 Å². The van der Waals surface area contributed by atoms with Gasteiger partial charge in [-0.2, -0.15) is 14.9 Å². The van der Waals surface area contributed by atoms with Crippen molar-refractivity contribution in [3.8, 4) is 39.8 Å². The number of nitrogens with two attached hydrogens (primary N) is 1. The number of carbonyl (C=O) groups excluding carboxylic acids is 1. The minimum atomic E-state index is -0.785. The second-order valence-corrected chi connectivity index (χ2v) is 11.0. The number of piperidine rings is 1. The van der Waals surface area contributed by atoms with Gasteiger partial charge in [0.25, 0.3) is 5.56 Å². The van der Waals surface area contributed by atoms with E-state index in [-0.39, 0.29) is 46.5 Å². The van der Waals surface area contributed by atoms with Crippen LogP contribution in [0.5, 0.6) is 11.5 Å². The maximum atomic E-state index is 15.2. The first-order valence-corrected chi connectivity index (χ1v) is 13.6.